The maximum absolute atomic E-state index is 13.7. The van der Waals surface area contributed by atoms with Gasteiger partial charge in [0.1, 0.15) is 30.3 Å². The molecule has 0 bridgehead atoms. The van der Waals surface area contributed by atoms with E-state index in [1.54, 1.807) is 22.7 Å². The summed E-state index contributed by atoms with van der Waals surface area (Å²) in [4.78, 5) is 1.04. The normalized spacial score (nSPS) is 22.2. The molecule has 0 radical (unpaired) electrons. The topological polar surface area (TPSA) is 111 Å². The molecule has 1 aliphatic heterocycles. The van der Waals surface area contributed by atoms with Gasteiger partial charge in [0.2, 0.25) is 0 Å². The summed E-state index contributed by atoms with van der Waals surface area (Å²) < 4.78 is 49.8. The van der Waals surface area contributed by atoms with Crippen LogP contribution in [0.5, 0.6) is 0 Å². The van der Waals surface area contributed by atoms with E-state index < -0.39 is 48.4 Å². The van der Waals surface area contributed by atoms with Gasteiger partial charge in [0.05, 0.1) is 18.8 Å². The second-order valence-corrected chi connectivity index (χ2v) is 9.12. The van der Waals surface area contributed by atoms with Crippen molar-refractivity contribution in [1.29, 1.82) is 0 Å². The van der Waals surface area contributed by atoms with Crippen molar-refractivity contribution in [3.05, 3.63) is 72.2 Å². The minimum absolute atomic E-state index is 0.0112. The van der Waals surface area contributed by atoms with Crippen molar-refractivity contribution in [3.63, 3.8) is 0 Å². The van der Waals surface area contributed by atoms with Gasteiger partial charge < -0.3 is 14.9 Å². The van der Waals surface area contributed by atoms with Crippen LogP contribution in [0.2, 0.25) is 0 Å². The minimum atomic E-state index is -1.58. The quantitative estimate of drug-likeness (QED) is 0.296. The number of benzene rings is 2. The molecule has 1 saturated heterocycles. The second-order valence-electron chi connectivity index (χ2n) is 8.24. The molecule has 0 amide bonds. The summed E-state index contributed by atoms with van der Waals surface area (Å²) in [5.74, 6) is -3.81. The lowest BCUT2D eigenvalue weighted by atomic mass is 9.95. The van der Waals surface area contributed by atoms with Crippen molar-refractivity contribution >= 4 is 11.8 Å². The first-order valence-corrected chi connectivity index (χ1v) is 12.2. The van der Waals surface area contributed by atoms with E-state index in [0.29, 0.717) is 5.82 Å². The number of ether oxygens (including phenoxy) is 1. The van der Waals surface area contributed by atoms with Crippen molar-refractivity contribution in [1.82, 2.24) is 29.8 Å². The highest BCUT2D eigenvalue weighted by Crippen LogP contribution is 2.38. The van der Waals surface area contributed by atoms with Gasteiger partial charge in [-0.25, -0.2) is 17.9 Å². The number of hydrogen-bond donors (Lipinski definition) is 2. The van der Waals surface area contributed by atoms with E-state index in [1.807, 2.05) is 30.5 Å². The molecule has 1 aliphatic rings. The Labute approximate surface area is 207 Å². The van der Waals surface area contributed by atoms with Gasteiger partial charge >= 0.3 is 0 Å². The molecule has 0 saturated carbocycles. The van der Waals surface area contributed by atoms with Gasteiger partial charge in [-0.05, 0) is 36.6 Å². The fraction of sp³-hybridized carbons (Fsp3) is 0.304. The fourth-order valence-corrected chi connectivity index (χ4v) is 4.69. The van der Waals surface area contributed by atoms with Crippen LogP contribution in [0.15, 0.2) is 53.8 Å². The van der Waals surface area contributed by atoms with E-state index in [-0.39, 0.29) is 17.7 Å². The molecule has 2 aromatic carbocycles. The van der Waals surface area contributed by atoms with E-state index >= 15 is 0 Å². The molecule has 4 unspecified atom stereocenters. The molecular weight excluding hydrogens is 497 g/mol. The highest BCUT2D eigenvalue weighted by molar-refractivity contribution is 7.98. The third kappa shape index (κ3) is 4.50. The first-order valence-electron chi connectivity index (χ1n) is 10.9. The zero-order valence-electron chi connectivity index (χ0n) is 18.9. The number of aromatic nitrogens is 6. The Balaban J connectivity index is 1.47. The summed E-state index contributed by atoms with van der Waals surface area (Å²) in [6.45, 7) is -0.472. The summed E-state index contributed by atoms with van der Waals surface area (Å²) in [7, 11) is 0. The summed E-state index contributed by atoms with van der Waals surface area (Å²) in [6.07, 6.45) is 2.29. The number of rotatable bonds is 6. The van der Waals surface area contributed by atoms with Gasteiger partial charge in [-0.2, -0.15) is 0 Å². The summed E-state index contributed by atoms with van der Waals surface area (Å²) in [5, 5.41) is 37.0. The van der Waals surface area contributed by atoms with Crippen molar-refractivity contribution in [3.8, 4) is 16.9 Å². The molecule has 4 atom stereocenters. The van der Waals surface area contributed by atoms with Crippen LogP contribution in [0.25, 0.3) is 16.9 Å². The number of aliphatic hydroxyl groups is 2. The maximum atomic E-state index is 13.7. The van der Waals surface area contributed by atoms with Crippen LogP contribution in [-0.2, 0) is 4.74 Å². The predicted octanol–water partition coefficient (Wildman–Crippen LogP) is 3.09. The maximum Gasteiger partial charge on any atom is 0.194 e. The molecule has 5 rings (SSSR count). The average molecular weight is 519 g/mol. The molecule has 188 valence electrons. The van der Waals surface area contributed by atoms with Crippen LogP contribution in [0.1, 0.15) is 24.4 Å². The third-order valence-electron chi connectivity index (χ3n) is 6.07. The van der Waals surface area contributed by atoms with Crippen molar-refractivity contribution in [2.45, 2.75) is 35.7 Å². The Bertz CT molecular complexity index is 1360. The third-order valence-corrected chi connectivity index (χ3v) is 6.80. The number of halogens is 3. The average Bonchev–Trinajstić information content (AvgIpc) is 3.58. The van der Waals surface area contributed by atoms with E-state index in [2.05, 4.69) is 20.5 Å². The summed E-state index contributed by atoms with van der Waals surface area (Å²) in [6, 6.07) is 8.67. The first-order chi connectivity index (χ1) is 17.4. The summed E-state index contributed by atoms with van der Waals surface area (Å²) >= 11 is 1.59. The van der Waals surface area contributed by atoms with Crippen LogP contribution >= 0.6 is 11.8 Å². The molecule has 0 spiro atoms. The molecule has 2 N–H and O–H groups in total. The van der Waals surface area contributed by atoms with Crippen LogP contribution in [0.4, 0.5) is 13.2 Å². The van der Waals surface area contributed by atoms with Crippen LogP contribution in [0.3, 0.4) is 0 Å². The lowest BCUT2D eigenvalue weighted by molar-refractivity contribution is -0.161. The predicted molar refractivity (Wildman–Crippen MR) is 123 cm³/mol. The largest absolute Gasteiger partial charge is 0.394 e. The van der Waals surface area contributed by atoms with E-state index in [1.165, 1.54) is 10.9 Å². The Morgan fingerprint density at radius 1 is 1.14 bits per heavy atom. The standard InChI is InChI=1S/C23H21F3N6O3S/c1-36-14-4-2-3-13(7-14)31-11-27-29-23(31)19-8-18(22(34)20(10-33)35-19)32-9-17(28-30-32)12-5-15(24)21(26)16(25)6-12/h2-7,9,11,18-20,22,33-34H,8,10H2,1H3. The van der Waals surface area contributed by atoms with Gasteiger partial charge in [-0.15, -0.1) is 27.1 Å². The SMILES string of the molecule is CSc1cccc(-n2cnnc2C2CC(n3cc(-c4cc(F)c(F)c(F)c4)nn3)C(O)C(CO)O2)c1. The second kappa shape index (κ2) is 10.0. The molecular formula is C23H21F3N6O3S. The number of hydrogen-bond acceptors (Lipinski definition) is 8. The number of nitrogens with zero attached hydrogens (tertiary/aromatic N) is 6. The Morgan fingerprint density at radius 3 is 2.64 bits per heavy atom. The molecule has 1 fully saturated rings. The summed E-state index contributed by atoms with van der Waals surface area (Å²) in [5.41, 5.74) is 0.889. The highest BCUT2D eigenvalue weighted by atomic mass is 32.2. The monoisotopic (exact) mass is 518 g/mol. The Kier molecular flexibility index (Phi) is 6.79. The van der Waals surface area contributed by atoms with E-state index in [9.17, 15) is 23.4 Å². The van der Waals surface area contributed by atoms with E-state index in [4.69, 9.17) is 4.74 Å². The molecule has 13 heteroatoms. The zero-order valence-corrected chi connectivity index (χ0v) is 19.7. The van der Waals surface area contributed by atoms with Gasteiger partial charge in [0.25, 0.3) is 0 Å². The lowest BCUT2D eigenvalue weighted by Crippen LogP contribution is -2.45. The smallest absolute Gasteiger partial charge is 0.194 e. The van der Waals surface area contributed by atoms with Crippen molar-refractivity contribution in [2.75, 3.05) is 12.9 Å². The minimum Gasteiger partial charge on any atom is -0.394 e. The molecule has 2 aromatic heterocycles. The Hall–Kier alpha value is -3.26. The van der Waals surface area contributed by atoms with Crippen LogP contribution < -0.4 is 0 Å². The molecule has 4 aromatic rings. The molecule has 0 aliphatic carbocycles. The molecule has 9 nitrogen and oxygen atoms in total. The number of aliphatic hydroxyl groups excluding tert-OH is 2. The fourth-order valence-electron chi connectivity index (χ4n) is 4.23. The van der Waals surface area contributed by atoms with Gasteiger partial charge in [-0.1, -0.05) is 11.3 Å². The van der Waals surface area contributed by atoms with Gasteiger partial charge in [0.15, 0.2) is 23.3 Å². The zero-order chi connectivity index (χ0) is 25.4. The molecule has 36 heavy (non-hydrogen) atoms. The van der Waals surface area contributed by atoms with Crippen molar-refractivity contribution in [2.24, 2.45) is 0 Å². The van der Waals surface area contributed by atoms with Crippen molar-refractivity contribution < 1.29 is 28.1 Å². The van der Waals surface area contributed by atoms with Gasteiger partial charge in [-0.3, -0.25) is 4.57 Å². The number of thioether (sulfide) groups is 1. The van der Waals surface area contributed by atoms with Crippen LogP contribution in [-0.4, -0.2) is 65.0 Å². The Morgan fingerprint density at radius 2 is 1.92 bits per heavy atom. The first kappa shape index (κ1) is 24.4. The van der Waals surface area contributed by atoms with Gasteiger partial charge in [0, 0.05) is 22.6 Å². The van der Waals surface area contributed by atoms with Crippen LogP contribution in [0, 0.1) is 17.5 Å². The lowest BCUT2D eigenvalue weighted by Gasteiger charge is -2.38. The molecule has 3 heterocycles. The van der Waals surface area contributed by atoms with E-state index in [0.717, 1.165) is 22.7 Å². The highest BCUT2D eigenvalue weighted by Gasteiger charge is 2.41.